The number of nitrogens with one attached hydrogen (secondary N) is 1. The van der Waals surface area contributed by atoms with Crippen LogP contribution >= 0.6 is 0 Å². The Morgan fingerprint density at radius 2 is 1.65 bits per heavy atom. The number of carbonyl (C=O) groups is 1. The van der Waals surface area contributed by atoms with Gasteiger partial charge in [-0.3, -0.25) is 4.79 Å². The van der Waals surface area contributed by atoms with Crippen molar-refractivity contribution in [3.05, 3.63) is 35.4 Å². The van der Waals surface area contributed by atoms with Crippen LogP contribution in [-0.2, 0) is 4.79 Å². The molecule has 0 bridgehead atoms. The summed E-state index contributed by atoms with van der Waals surface area (Å²) >= 11 is 0. The van der Waals surface area contributed by atoms with Crippen LogP contribution in [0.1, 0.15) is 108 Å². The third kappa shape index (κ3) is 7.31. The number of carbonyl (C=O) groups excluding carboxylic acids is 1. The highest BCUT2D eigenvalue weighted by atomic mass is 16.2. The molecule has 0 spiro atoms. The lowest BCUT2D eigenvalue weighted by Crippen LogP contribution is -2.18. The minimum absolute atomic E-state index is 0.0265. The quantitative estimate of drug-likeness (QED) is 0.297. The summed E-state index contributed by atoms with van der Waals surface area (Å²) in [5.41, 5.74) is 6.12. The largest absolute Gasteiger partial charge is 0.273 e. The molecule has 3 heteroatoms. The van der Waals surface area contributed by atoms with Gasteiger partial charge in [-0.15, -0.1) is 0 Å². The third-order valence-electron chi connectivity index (χ3n) is 5.51. The van der Waals surface area contributed by atoms with Crippen LogP contribution < -0.4 is 5.43 Å². The Labute approximate surface area is 159 Å². The Hall–Kier alpha value is -1.64. The summed E-state index contributed by atoms with van der Waals surface area (Å²) in [7, 11) is 0. The first kappa shape index (κ1) is 20.7. The van der Waals surface area contributed by atoms with Crippen molar-refractivity contribution in [3.63, 3.8) is 0 Å². The molecule has 3 nitrogen and oxygen atoms in total. The minimum atomic E-state index is 0.0265. The maximum absolute atomic E-state index is 11.9. The highest BCUT2D eigenvalue weighted by Gasteiger charge is 2.15. The molecule has 0 saturated heterocycles. The normalized spacial score (nSPS) is 15.8. The van der Waals surface area contributed by atoms with Crippen LogP contribution in [-0.4, -0.2) is 11.6 Å². The van der Waals surface area contributed by atoms with Gasteiger partial charge in [-0.1, -0.05) is 82.6 Å². The van der Waals surface area contributed by atoms with Crippen LogP contribution in [0, 0.1) is 0 Å². The van der Waals surface area contributed by atoms with Crippen molar-refractivity contribution in [2.75, 3.05) is 0 Å². The third-order valence-corrected chi connectivity index (χ3v) is 5.51. The first-order chi connectivity index (χ1) is 12.7. The average Bonchev–Trinajstić information content (AvgIpc) is 2.69. The molecule has 1 aliphatic rings. The number of hydrazone groups is 1. The number of unbranched alkanes of at least 4 members (excludes halogenated alkanes) is 5. The minimum Gasteiger partial charge on any atom is -0.273 e. The van der Waals surface area contributed by atoms with E-state index in [0.29, 0.717) is 6.42 Å². The van der Waals surface area contributed by atoms with Crippen molar-refractivity contribution < 1.29 is 4.79 Å². The number of amides is 1. The van der Waals surface area contributed by atoms with Gasteiger partial charge < -0.3 is 0 Å². The average molecular weight is 357 g/mol. The fourth-order valence-electron chi connectivity index (χ4n) is 3.76. The molecule has 144 valence electrons. The second-order valence-electron chi connectivity index (χ2n) is 7.71. The van der Waals surface area contributed by atoms with E-state index in [1.54, 1.807) is 0 Å². The molecule has 0 aromatic heterocycles. The standard InChI is InChI=1S/C23H36N2O/c1-3-4-5-6-7-11-14-23(26)25-24-19(2)20-15-17-22(18-16-20)21-12-9-8-10-13-21/h15-18,21H,3-14H2,1-2H3,(H,25,26)/b24-19+. The van der Waals surface area contributed by atoms with E-state index in [-0.39, 0.29) is 5.91 Å². The molecule has 1 N–H and O–H groups in total. The van der Waals surface area contributed by atoms with Crippen LogP contribution in [0.25, 0.3) is 0 Å². The van der Waals surface area contributed by atoms with Crippen LogP contribution in [0.15, 0.2) is 29.4 Å². The summed E-state index contributed by atoms with van der Waals surface area (Å²) in [6.07, 6.45) is 14.5. The van der Waals surface area contributed by atoms with Crippen molar-refractivity contribution in [3.8, 4) is 0 Å². The van der Waals surface area contributed by atoms with Crippen molar-refractivity contribution in [2.45, 2.75) is 96.8 Å². The monoisotopic (exact) mass is 356 g/mol. The zero-order chi connectivity index (χ0) is 18.6. The highest BCUT2D eigenvalue weighted by Crippen LogP contribution is 2.32. The predicted molar refractivity (Wildman–Crippen MR) is 111 cm³/mol. The van der Waals surface area contributed by atoms with E-state index in [2.05, 4.69) is 41.7 Å². The summed E-state index contributed by atoms with van der Waals surface area (Å²) in [6, 6.07) is 8.76. The molecular formula is C23H36N2O. The van der Waals surface area contributed by atoms with E-state index in [1.807, 2.05) is 6.92 Å². The number of rotatable bonds is 10. The van der Waals surface area contributed by atoms with Crippen LogP contribution in [0.5, 0.6) is 0 Å². The molecule has 26 heavy (non-hydrogen) atoms. The molecule has 2 rings (SSSR count). The van der Waals surface area contributed by atoms with Gasteiger partial charge >= 0.3 is 0 Å². The Morgan fingerprint density at radius 1 is 1.00 bits per heavy atom. The molecule has 0 unspecified atom stereocenters. The van der Waals surface area contributed by atoms with Gasteiger partial charge in [0, 0.05) is 6.42 Å². The molecule has 0 aliphatic heterocycles. The van der Waals surface area contributed by atoms with E-state index < -0.39 is 0 Å². The van der Waals surface area contributed by atoms with Crippen molar-refractivity contribution >= 4 is 11.6 Å². The molecule has 1 aromatic rings. The Balaban J connectivity index is 1.73. The van der Waals surface area contributed by atoms with E-state index >= 15 is 0 Å². The van der Waals surface area contributed by atoms with Gasteiger partial charge in [0.25, 0.3) is 0 Å². The van der Waals surface area contributed by atoms with Gasteiger partial charge in [-0.2, -0.15) is 5.10 Å². The molecule has 0 atom stereocenters. The van der Waals surface area contributed by atoms with Gasteiger partial charge in [0.05, 0.1) is 5.71 Å². The van der Waals surface area contributed by atoms with Gasteiger partial charge in [0.15, 0.2) is 0 Å². The van der Waals surface area contributed by atoms with Gasteiger partial charge in [-0.25, -0.2) is 5.43 Å². The maximum atomic E-state index is 11.9. The molecule has 0 radical (unpaired) electrons. The van der Waals surface area contributed by atoms with E-state index in [1.165, 1.54) is 63.4 Å². The summed E-state index contributed by atoms with van der Waals surface area (Å²) in [5.74, 6) is 0.755. The van der Waals surface area contributed by atoms with E-state index in [4.69, 9.17) is 0 Å². The van der Waals surface area contributed by atoms with E-state index in [0.717, 1.165) is 30.0 Å². The Bertz CT molecular complexity index is 556. The molecule has 1 saturated carbocycles. The molecule has 1 fully saturated rings. The van der Waals surface area contributed by atoms with Crippen LogP contribution in [0.3, 0.4) is 0 Å². The summed E-state index contributed by atoms with van der Waals surface area (Å²) < 4.78 is 0. The molecule has 1 aromatic carbocycles. The predicted octanol–water partition coefficient (Wildman–Crippen LogP) is 6.33. The Kier molecular flexibility index (Phi) is 9.44. The summed E-state index contributed by atoms with van der Waals surface area (Å²) in [4.78, 5) is 11.9. The smallest absolute Gasteiger partial charge is 0.240 e. The van der Waals surface area contributed by atoms with Crippen molar-refractivity contribution in [1.29, 1.82) is 0 Å². The molecular weight excluding hydrogens is 320 g/mol. The first-order valence-corrected chi connectivity index (χ1v) is 10.6. The fourth-order valence-corrected chi connectivity index (χ4v) is 3.76. The zero-order valence-corrected chi connectivity index (χ0v) is 16.7. The van der Waals surface area contributed by atoms with Crippen LogP contribution in [0.4, 0.5) is 0 Å². The second-order valence-corrected chi connectivity index (χ2v) is 7.71. The van der Waals surface area contributed by atoms with Crippen molar-refractivity contribution in [2.24, 2.45) is 5.10 Å². The number of hydrogen-bond donors (Lipinski definition) is 1. The number of nitrogens with zero attached hydrogens (tertiary/aromatic N) is 1. The molecule has 1 amide bonds. The molecule has 1 aliphatic carbocycles. The number of benzene rings is 1. The Morgan fingerprint density at radius 3 is 2.35 bits per heavy atom. The highest BCUT2D eigenvalue weighted by molar-refractivity contribution is 5.99. The van der Waals surface area contributed by atoms with Crippen LogP contribution in [0.2, 0.25) is 0 Å². The zero-order valence-electron chi connectivity index (χ0n) is 16.7. The maximum Gasteiger partial charge on any atom is 0.240 e. The topological polar surface area (TPSA) is 41.5 Å². The van der Waals surface area contributed by atoms with E-state index in [9.17, 15) is 4.79 Å². The second kappa shape index (κ2) is 11.9. The lowest BCUT2D eigenvalue weighted by atomic mass is 9.84. The first-order valence-electron chi connectivity index (χ1n) is 10.6. The van der Waals surface area contributed by atoms with Gasteiger partial charge in [0.2, 0.25) is 5.91 Å². The van der Waals surface area contributed by atoms with Crippen molar-refractivity contribution in [1.82, 2.24) is 5.43 Å². The number of hydrogen-bond acceptors (Lipinski definition) is 2. The lowest BCUT2D eigenvalue weighted by molar-refractivity contribution is -0.121. The summed E-state index contributed by atoms with van der Waals surface area (Å²) in [5, 5.41) is 4.28. The molecule has 0 heterocycles. The SMILES string of the molecule is CCCCCCCCC(=O)N/N=C(\C)c1ccc(C2CCCCC2)cc1. The fraction of sp³-hybridized carbons (Fsp3) is 0.652. The summed E-state index contributed by atoms with van der Waals surface area (Å²) in [6.45, 7) is 4.18. The van der Waals surface area contributed by atoms with Gasteiger partial charge in [0.1, 0.15) is 0 Å². The lowest BCUT2D eigenvalue weighted by Gasteiger charge is -2.22. The van der Waals surface area contributed by atoms with Gasteiger partial charge in [-0.05, 0) is 43.2 Å².